The number of hydrogen-bond donors (Lipinski definition) is 1. The van der Waals surface area contributed by atoms with Gasteiger partial charge in [0.25, 0.3) is 0 Å². The number of hydrogen-bond acceptors (Lipinski definition) is 3. The van der Waals surface area contributed by atoms with Crippen molar-refractivity contribution in [1.82, 2.24) is 5.32 Å². The Labute approximate surface area is 118 Å². The van der Waals surface area contributed by atoms with Crippen LogP contribution < -0.4 is 10.1 Å². The minimum atomic E-state index is 0.0388. The summed E-state index contributed by atoms with van der Waals surface area (Å²) in [7, 11) is 1.68. The molecule has 102 valence electrons. The Balaban J connectivity index is 2.89. The van der Waals surface area contributed by atoms with Crippen LogP contribution in [0.5, 0.6) is 5.75 Å². The van der Waals surface area contributed by atoms with Crippen molar-refractivity contribution in [3.05, 3.63) is 28.2 Å². The first-order valence-corrected chi connectivity index (χ1v) is 7.06. The van der Waals surface area contributed by atoms with Gasteiger partial charge in [-0.05, 0) is 32.5 Å². The summed E-state index contributed by atoms with van der Waals surface area (Å²) < 4.78 is 12.1. The second kappa shape index (κ2) is 7.77. The predicted octanol–water partition coefficient (Wildman–Crippen LogP) is 3.53. The fourth-order valence-corrected chi connectivity index (χ4v) is 2.21. The van der Waals surface area contributed by atoms with Crippen LogP contribution in [0.25, 0.3) is 0 Å². The molecule has 0 aliphatic rings. The van der Waals surface area contributed by atoms with Gasteiger partial charge >= 0.3 is 0 Å². The zero-order valence-corrected chi connectivity index (χ0v) is 13.1. The first-order valence-electron chi connectivity index (χ1n) is 6.26. The molecule has 1 rings (SSSR count). The van der Waals surface area contributed by atoms with Gasteiger partial charge in [0.05, 0.1) is 6.61 Å². The zero-order chi connectivity index (χ0) is 13.5. The van der Waals surface area contributed by atoms with Gasteiger partial charge in [0.15, 0.2) is 0 Å². The molecule has 0 aromatic heterocycles. The van der Waals surface area contributed by atoms with Crippen LogP contribution in [0.15, 0.2) is 22.7 Å². The number of nitrogens with one attached hydrogen (secondary N) is 1. The van der Waals surface area contributed by atoms with E-state index < -0.39 is 0 Å². The van der Waals surface area contributed by atoms with Crippen molar-refractivity contribution in [2.75, 3.05) is 20.3 Å². The molecule has 2 unspecified atom stereocenters. The molecular formula is C14H22BrNO2. The van der Waals surface area contributed by atoms with E-state index in [0.29, 0.717) is 6.61 Å². The van der Waals surface area contributed by atoms with Gasteiger partial charge in [-0.3, -0.25) is 0 Å². The molecule has 1 aromatic rings. The average Bonchev–Trinajstić information content (AvgIpc) is 2.29. The monoisotopic (exact) mass is 315 g/mol. The van der Waals surface area contributed by atoms with Crippen molar-refractivity contribution >= 4 is 15.9 Å². The summed E-state index contributed by atoms with van der Waals surface area (Å²) in [6.45, 7) is 7.77. The van der Waals surface area contributed by atoms with Crippen LogP contribution in [0.1, 0.15) is 32.4 Å². The van der Waals surface area contributed by atoms with E-state index in [1.165, 1.54) is 5.56 Å². The Morgan fingerprint density at radius 3 is 2.67 bits per heavy atom. The van der Waals surface area contributed by atoms with Gasteiger partial charge in [-0.15, -0.1) is 0 Å². The summed E-state index contributed by atoms with van der Waals surface area (Å²) in [5, 5.41) is 3.40. The van der Waals surface area contributed by atoms with E-state index in [1.54, 1.807) is 7.11 Å². The Bertz CT molecular complexity index is 371. The third-order valence-corrected chi connectivity index (χ3v) is 3.18. The van der Waals surface area contributed by atoms with Crippen LogP contribution >= 0.6 is 15.9 Å². The topological polar surface area (TPSA) is 30.5 Å². The van der Waals surface area contributed by atoms with E-state index >= 15 is 0 Å². The number of methoxy groups -OCH3 is 1. The van der Waals surface area contributed by atoms with Gasteiger partial charge in [0.1, 0.15) is 11.9 Å². The lowest BCUT2D eigenvalue weighted by Crippen LogP contribution is -2.22. The van der Waals surface area contributed by atoms with Crippen LogP contribution in [0.3, 0.4) is 0 Å². The average molecular weight is 316 g/mol. The van der Waals surface area contributed by atoms with Gasteiger partial charge in [0.2, 0.25) is 0 Å². The SMILES string of the molecule is CCNC(C)c1ccc(Br)cc1OC(C)COC. The van der Waals surface area contributed by atoms with Gasteiger partial charge in [0, 0.05) is 23.2 Å². The Hall–Kier alpha value is -0.580. The highest BCUT2D eigenvalue weighted by molar-refractivity contribution is 9.10. The first kappa shape index (κ1) is 15.5. The molecule has 0 heterocycles. The molecule has 0 aliphatic carbocycles. The maximum absolute atomic E-state index is 5.94. The van der Waals surface area contributed by atoms with Gasteiger partial charge < -0.3 is 14.8 Å². The van der Waals surface area contributed by atoms with Crippen molar-refractivity contribution in [2.24, 2.45) is 0 Å². The van der Waals surface area contributed by atoms with Crippen LogP contribution in [-0.2, 0) is 4.74 Å². The number of halogens is 1. The lowest BCUT2D eigenvalue weighted by atomic mass is 10.1. The van der Waals surface area contributed by atoms with Crippen molar-refractivity contribution in [3.8, 4) is 5.75 Å². The molecule has 1 N–H and O–H groups in total. The van der Waals surface area contributed by atoms with Gasteiger partial charge in [-0.1, -0.05) is 28.9 Å². The zero-order valence-electron chi connectivity index (χ0n) is 11.5. The summed E-state index contributed by atoms with van der Waals surface area (Å²) >= 11 is 3.48. The van der Waals surface area contributed by atoms with E-state index in [2.05, 4.69) is 41.2 Å². The van der Waals surface area contributed by atoms with Crippen LogP contribution in [0.2, 0.25) is 0 Å². The molecule has 2 atom stereocenters. The quantitative estimate of drug-likeness (QED) is 0.835. The Morgan fingerprint density at radius 1 is 1.33 bits per heavy atom. The number of rotatable bonds is 7. The minimum absolute atomic E-state index is 0.0388. The van der Waals surface area contributed by atoms with Crippen molar-refractivity contribution in [3.63, 3.8) is 0 Å². The van der Waals surface area contributed by atoms with E-state index in [4.69, 9.17) is 9.47 Å². The molecule has 0 fully saturated rings. The standard InChI is InChI=1S/C14H22BrNO2/c1-5-16-11(3)13-7-6-12(15)8-14(13)18-10(2)9-17-4/h6-8,10-11,16H,5,9H2,1-4H3. The highest BCUT2D eigenvalue weighted by Crippen LogP contribution is 2.29. The minimum Gasteiger partial charge on any atom is -0.488 e. The maximum Gasteiger partial charge on any atom is 0.125 e. The second-order valence-electron chi connectivity index (χ2n) is 4.35. The summed E-state index contributed by atoms with van der Waals surface area (Å²) in [4.78, 5) is 0. The predicted molar refractivity (Wildman–Crippen MR) is 78.2 cm³/mol. The van der Waals surface area contributed by atoms with Crippen molar-refractivity contribution in [2.45, 2.75) is 32.9 Å². The smallest absolute Gasteiger partial charge is 0.125 e. The fraction of sp³-hybridized carbons (Fsp3) is 0.571. The van der Waals surface area contributed by atoms with Crippen molar-refractivity contribution in [1.29, 1.82) is 0 Å². The maximum atomic E-state index is 5.94. The normalized spacial score (nSPS) is 14.3. The molecule has 3 nitrogen and oxygen atoms in total. The third-order valence-electron chi connectivity index (χ3n) is 2.68. The molecule has 0 radical (unpaired) electrons. The summed E-state index contributed by atoms with van der Waals surface area (Å²) in [6.07, 6.45) is 0.0388. The molecule has 4 heteroatoms. The number of benzene rings is 1. The van der Waals surface area contributed by atoms with Crippen LogP contribution in [0.4, 0.5) is 0 Å². The summed E-state index contributed by atoms with van der Waals surface area (Å²) in [5.41, 5.74) is 1.17. The molecule has 0 saturated heterocycles. The second-order valence-corrected chi connectivity index (χ2v) is 5.26. The highest BCUT2D eigenvalue weighted by atomic mass is 79.9. The van der Waals surface area contributed by atoms with E-state index in [-0.39, 0.29) is 12.1 Å². The molecule has 1 aromatic carbocycles. The van der Waals surface area contributed by atoms with Crippen LogP contribution in [0, 0.1) is 0 Å². The Kier molecular flexibility index (Phi) is 6.68. The van der Waals surface area contributed by atoms with Gasteiger partial charge in [-0.25, -0.2) is 0 Å². The van der Waals surface area contributed by atoms with Gasteiger partial charge in [-0.2, -0.15) is 0 Å². The lowest BCUT2D eigenvalue weighted by Gasteiger charge is -2.21. The summed E-state index contributed by atoms with van der Waals surface area (Å²) in [5.74, 6) is 0.905. The van der Waals surface area contributed by atoms with E-state index in [9.17, 15) is 0 Å². The Morgan fingerprint density at radius 2 is 2.06 bits per heavy atom. The molecule has 0 spiro atoms. The fourth-order valence-electron chi connectivity index (χ4n) is 1.87. The highest BCUT2D eigenvalue weighted by Gasteiger charge is 2.13. The molecule has 0 bridgehead atoms. The largest absolute Gasteiger partial charge is 0.488 e. The van der Waals surface area contributed by atoms with E-state index in [0.717, 1.165) is 16.8 Å². The molecule has 0 saturated carbocycles. The lowest BCUT2D eigenvalue weighted by molar-refractivity contribution is 0.0910. The number of ether oxygens (including phenoxy) is 2. The molecule has 18 heavy (non-hydrogen) atoms. The first-order chi connectivity index (χ1) is 8.58. The molecular weight excluding hydrogens is 294 g/mol. The molecule has 0 aliphatic heterocycles. The van der Waals surface area contributed by atoms with Crippen molar-refractivity contribution < 1.29 is 9.47 Å². The summed E-state index contributed by atoms with van der Waals surface area (Å²) in [6, 6.07) is 6.41. The molecule has 0 amide bonds. The third kappa shape index (κ3) is 4.59. The van der Waals surface area contributed by atoms with E-state index in [1.807, 2.05) is 19.1 Å². The van der Waals surface area contributed by atoms with Crippen LogP contribution in [-0.4, -0.2) is 26.4 Å².